The van der Waals surface area contributed by atoms with Gasteiger partial charge in [0, 0.05) is 0 Å². The molecule has 2 aromatic rings. The average molecular weight is 356 g/mol. The number of alkyl carbamates (subject to hydrolysis) is 1. The van der Waals surface area contributed by atoms with Crippen LogP contribution in [-0.2, 0) is 16.1 Å². The second-order valence-corrected chi connectivity index (χ2v) is 5.82. The molecule has 0 aliphatic rings. The zero-order chi connectivity index (χ0) is 18.8. The first-order valence-electron chi connectivity index (χ1n) is 8.57. The molecule has 6 nitrogen and oxygen atoms in total. The van der Waals surface area contributed by atoms with E-state index < -0.39 is 24.6 Å². The SMILES string of the molecule is CC[C@H](NC(=O)C(CO)NC(=O)OCc1ccccc1)c1ccccc1. The lowest BCUT2D eigenvalue weighted by molar-refractivity contribution is -0.124. The fourth-order valence-corrected chi connectivity index (χ4v) is 2.48. The zero-order valence-electron chi connectivity index (χ0n) is 14.7. The number of carbonyl (C=O) groups excluding carboxylic acids is 2. The van der Waals surface area contributed by atoms with Gasteiger partial charge in [-0.25, -0.2) is 4.79 Å². The molecule has 0 heterocycles. The second-order valence-electron chi connectivity index (χ2n) is 5.82. The van der Waals surface area contributed by atoms with Crippen LogP contribution in [0.15, 0.2) is 60.7 Å². The third-order valence-electron chi connectivity index (χ3n) is 3.93. The Morgan fingerprint density at radius 1 is 1.00 bits per heavy atom. The van der Waals surface area contributed by atoms with E-state index in [1.54, 1.807) is 0 Å². The van der Waals surface area contributed by atoms with Crippen molar-refractivity contribution in [3.05, 3.63) is 71.8 Å². The van der Waals surface area contributed by atoms with Gasteiger partial charge in [-0.1, -0.05) is 67.6 Å². The Kier molecular flexibility index (Phi) is 7.64. The summed E-state index contributed by atoms with van der Waals surface area (Å²) in [5, 5.41) is 14.7. The maximum Gasteiger partial charge on any atom is 0.408 e. The van der Waals surface area contributed by atoms with Crippen LogP contribution in [0.2, 0.25) is 0 Å². The highest BCUT2D eigenvalue weighted by atomic mass is 16.5. The molecule has 138 valence electrons. The van der Waals surface area contributed by atoms with E-state index in [1.807, 2.05) is 67.6 Å². The molecule has 0 spiro atoms. The number of benzene rings is 2. The van der Waals surface area contributed by atoms with Gasteiger partial charge in [-0.3, -0.25) is 4.79 Å². The summed E-state index contributed by atoms with van der Waals surface area (Å²) >= 11 is 0. The number of hydrogen-bond donors (Lipinski definition) is 3. The summed E-state index contributed by atoms with van der Waals surface area (Å²) in [4.78, 5) is 24.3. The van der Waals surface area contributed by atoms with Gasteiger partial charge in [-0.05, 0) is 17.5 Å². The van der Waals surface area contributed by atoms with E-state index >= 15 is 0 Å². The molecule has 2 atom stereocenters. The summed E-state index contributed by atoms with van der Waals surface area (Å²) in [5.41, 5.74) is 1.80. The number of hydrogen-bond acceptors (Lipinski definition) is 4. The van der Waals surface area contributed by atoms with Crippen molar-refractivity contribution in [3.63, 3.8) is 0 Å². The first-order chi connectivity index (χ1) is 12.6. The standard InChI is InChI=1S/C20H24N2O4/c1-2-17(16-11-7-4-8-12-16)21-19(24)18(13-23)22-20(25)26-14-15-9-5-3-6-10-15/h3-12,17-18,23H,2,13-14H2,1H3,(H,21,24)(H,22,25)/t17-,18?/m0/s1. The highest BCUT2D eigenvalue weighted by Crippen LogP contribution is 2.15. The van der Waals surface area contributed by atoms with Crippen LogP contribution in [-0.4, -0.2) is 29.8 Å². The van der Waals surface area contributed by atoms with Crippen LogP contribution in [0.4, 0.5) is 4.79 Å². The summed E-state index contributed by atoms with van der Waals surface area (Å²) < 4.78 is 5.09. The highest BCUT2D eigenvalue weighted by Gasteiger charge is 2.23. The Balaban J connectivity index is 1.88. The second kappa shape index (κ2) is 10.2. The third-order valence-corrected chi connectivity index (χ3v) is 3.93. The Morgan fingerprint density at radius 2 is 1.62 bits per heavy atom. The molecule has 1 unspecified atom stereocenters. The summed E-state index contributed by atoms with van der Waals surface area (Å²) in [6, 6.07) is 17.5. The Morgan fingerprint density at radius 3 is 2.19 bits per heavy atom. The van der Waals surface area contributed by atoms with Gasteiger partial charge in [0.15, 0.2) is 0 Å². The minimum atomic E-state index is -1.07. The van der Waals surface area contributed by atoms with Gasteiger partial charge in [0.2, 0.25) is 5.91 Å². The minimum Gasteiger partial charge on any atom is -0.445 e. The lowest BCUT2D eigenvalue weighted by Gasteiger charge is -2.21. The topological polar surface area (TPSA) is 87.7 Å². The number of amides is 2. The van der Waals surface area contributed by atoms with Gasteiger partial charge < -0.3 is 20.5 Å². The Bertz CT molecular complexity index is 691. The van der Waals surface area contributed by atoms with Crippen LogP contribution in [0.3, 0.4) is 0 Å². The number of rotatable bonds is 8. The van der Waals surface area contributed by atoms with Gasteiger partial charge in [-0.2, -0.15) is 0 Å². The fourth-order valence-electron chi connectivity index (χ4n) is 2.48. The van der Waals surface area contributed by atoms with Crippen molar-refractivity contribution in [1.82, 2.24) is 10.6 Å². The van der Waals surface area contributed by atoms with Gasteiger partial charge in [0.05, 0.1) is 12.6 Å². The number of carbonyl (C=O) groups is 2. The largest absolute Gasteiger partial charge is 0.445 e. The molecule has 0 aromatic heterocycles. The minimum absolute atomic E-state index is 0.0913. The first kappa shape index (κ1) is 19.5. The van der Waals surface area contributed by atoms with E-state index in [2.05, 4.69) is 10.6 Å². The van der Waals surface area contributed by atoms with Crippen LogP contribution >= 0.6 is 0 Å². The van der Waals surface area contributed by atoms with E-state index in [0.717, 1.165) is 11.1 Å². The quantitative estimate of drug-likeness (QED) is 0.678. The van der Waals surface area contributed by atoms with Crippen LogP contribution in [0, 0.1) is 0 Å². The normalized spacial score (nSPS) is 12.7. The van der Waals surface area contributed by atoms with Gasteiger partial charge in [0.1, 0.15) is 12.6 Å². The zero-order valence-corrected chi connectivity index (χ0v) is 14.7. The average Bonchev–Trinajstić information content (AvgIpc) is 2.69. The molecule has 0 saturated carbocycles. The maximum absolute atomic E-state index is 12.4. The number of nitrogens with one attached hydrogen (secondary N) is 2. The van der Waals surface area contributed by atoms with E-state index in [9.17, 15) is 14.7 Å². The summed E-state index contributed by atoms with van der Waals surface area (Å²) in [6.45, 7) is 1.53. The van der Waals surface area contributed by atoms with Crippen molar-refractivity contribution in [1.29, 1.82) is 0 Å². The molecule has 3 N–H and O–H groups in total. The van der Waals surface area contributed by atoms with Crippen LogP contribution in [0.1, 0.15) is 30.5 Å². The van der Waals surface area contributed by atoms with E-state index in [0.29, 0.717) is 6.42 Å². The summed E-state index contributed by atoms with van der Waals surface area (Å²) in [6.07, 6.45) is -0.0670. The van der Waals surface area contributed by atoms with Crippen LogP contribution in [0.25, 0.3) is 0 Å². The van der Waals surface area contributed by atoms with Gasteiger partial charge in [-0.15, -0.1) is 0 Å². The molecule has 0 bridgehead atoms. The lowest BCUT2D eigenvalue weighted by atomic mass is 10.0. The smallest absolute Gasteiger partial charge is 0.408 e. The van der Waals surface area contributed by atoms with Gasteiger partial charge >= 0.3 is 6.09 Å². The van der Waals surface area contributed by atoms with Crippen molar-refractivity contribution in [2.45, 2.75) is 32.0 Å². The molecule has 0 fully saturated rings. The monoisotopic (exact) mass is 356 g/mol. The predicted octanol–water partition coefficient (Wildman–Crippen LogP) is 2.54. The summed E-state index contributed by atoms with van der Waals surface area (Å²) in [5.74, 6) is -0.458. The van der Waals surface area contributed by atoms with E-state index in [-0.39, 0.29) is 12.6 Å². The molecule has 0 saturated heterocycles. The van der Waals surface area contributed by atoms with Crippen LogP contribution in [0.5, 0.6) is 0 Å². The molecular formula is C20H24N2O4. The first-order valence-corrected chi connectivity index (χ1v) is 8.57. The van der Waals surface area contributed by atoms with Crippen molar-refractivity contribution in [3.8, 4) is 0 Å². The molecule has 2 rings (SSSR count). The van der Waals surface area contributed by atoms with Crippen molar-refractivity contribution in [2.24, 2.45) is 0 Å². The van der Waals surface area contributed by atoms with Crippen molar-refractivity contribution in [2.75, 3.05) is 6.61 Å². The number of aliphatic hydroxyl groups is 1. The molecule has 6 heteroatoms. The predicted molar refractivity (Wildman–Crippen MR) is 98.3 cm³/mol. The molecule has 26 heavy (non-hydrogen) atoms. The Labute approximate surface area is 153 Å². The maximum atomic E-state index is 12.4. The molecule has 0 aliphatic heterocycles. The van der Waals surface area contributed by atoms with E-state index in [4.69, 9.17) is 4.74 Å². The van der Waals surface area contributed by atoms with Crippen molar-refractivity contribution >= 4 is 12.0 Å². The number of aliphatic hydroxyl groups excluding tert-OH is 1. The lowest BCUT2D eigenvalue weighted by Crippen LogP contribution is -2.49. The molecule has 0 radical (unpaired) electrons. The highest BCUT2D eigenvalue weighted by molar-refractivity contribution is 5.86. The molecule has 0 aliphatic carbocycles. The Hall–Kier alpha value is -2.86. The van der Waals surface area contributed by atoms with E-state index in [1.165, 1.54) is 0 Å². The van der Waals surface area contributed by atoms with Gasteiger partial charge in [0.25, 0.3) is 0 Å². The van der Waals surface area contributed by atoms with Crippen LogP contribution < -0.4 is 10.6 Å². The van der Waals surface area contributed by atoms with Crippen molar-refractivity contribution < 1.29 is 19.4 Å². The third kappa shape index (κ3) is 5.89. The number of ether oxygens (including phenoxy) is 1. The molecule has 2 amide bonds. The fraction of sp³-hybridized carbons (Fsp3) is 0.300. The summed E-state index contributed by atoms with van der Waals surface area (Å²) in [7, 11) is 0. The molecule has 2 aromatic carbocycles. The molecular weight excluding hydrogens is 332 g/mol.